The minimum Gasteiger partial charge on any atom is -0.508 e. The van der Waals surface area contributed by atoms with Crippen LogP contribution < -0.4 is 14.8 Å². The van der Waals surface area contributed by atoms with Crippen molar-refractivity contribution in [1.29, 1.82) is 0 Å². The van der Waals surface area contributed by atoms with Crippen LogP contribution in [-0.4, -0.2) is 26.5 Å². The maximum atomic E-state index is 12.9. The smallest absolute Gasteiger partial charge is 0.416 e. The summed E-state index contributed by atoms with van der Waals surface area (Å²) in [7, 11) is -2.77. The van der Waals surface area contributed by atoms with E-state index in [2.05, 4.69) is 10.0 Å². The Balaban J connectivity index is 1.68. The molecule has 34 heavy (non-hydrogen) atoms. The van der Waals surface area contributed by atoms with Crippen molar-refractivity contribution in [2.75, 3.05) is 17.1 Å². The molecule has 0 saturated heterocycles. The van der Waals surface area contributed by atoms with Gasteiger partial charge in [0.25, 0.3) is 15.9 Å². The van der Waals surface area contributed by atoms with Crippen molar-refractivity contribution in [1.82, 2.24) is 0 Å². The Kier molecular flexibility index (Phi) is 5.74. The van der Waals surface area contributed by atoms with Crippen molar-refractivity contribution in [2.24, 2.45) is 0 Å². The van der Waals surface area contributed by atoms with Gasteiger partial charge in [0.2, 0.25) is 0 Å². The minimum absolute atomic E-state index is 0.0296. The van der Waals surface area contributed by atoms with Crippen molar-refractivity contribution in [3.8, 4) is 11.5 Å². The van der Waals surface area contributed by atoms with E-state index in [1.54, 1.807) is 6.07 Å². The average molecular weight is 490 g/mol. The Morgan fingerprint density at radius 3 is 2.38 bits per heavy atom. The molecule has 176 valence electrons. The highest BCUT2D eigenvalue weighted by Gasteiger charge is 2.30. The lowest BCUT2D eigenvalue weighted by atomic mass is 10.0. The first kappa shape index (κ1) is 23.2. The highest BCUT2D eigenvalue weighted by molar-refractivity contribution is 7.92. The van der Waals surface area contributed by atoms with Crippen LogP contribution in [0, 0.1) is 0 Å². The molecule has 0 saturated carbocycles. The molecule has 0 fully saturated rings. The number of phenolic OH excluding ortho intramolecular Hbond substituents is 1. The SMILES string of the molecule is COc1cc(O)ccc1C=C1C(=O)Nc2ccc(S(=O)(=O)Nc3ccc(C(F)(F)F)cc3)cc21. The van der Waals surface area contributed by atoms with E-state index in [0.717, 1.165) is 24.3 Å². The summed E-state index contributed by atoms with van der Waals surface area (Å²) in [4.78, 5) is 12.4. The number of ether oxygens (including phenoxy) is 1. The molecule has 1 aliphatic heterocycles. The number of hydrogen-bond donors (Lipinski definition) is 3. The highest BCUT2D eigenvalue weighted by atomic mass is 32.2. The second-order valence-corrected chi connectivity index (χ2v) is 9.01. The van der Waals surface area contributed by atoms with Gasteiger partial charge in [-0.15, -0.1) is 0 Å². The van der Waals surface area contributed by atoms with Gasteiger partial charge >= 0.3 is 6.18 Å². The van der Waals surface area contributed by atoms with Crippen LogP contribution in [0.3, 0.4) is 0 Å². The van der Waals surface area contributed by atoms with Gasteiger partial charge in [0.1, 0.15) is 11.5 Å². The lowest BCUT2D eigenvalue weighted by Crippen LogP contribution is -2.13. The quantitative estimate of drug-likeness (QED) is 0.449. The number of rotatable bonds is 5. The van der Waals surface area contributed by atoms with E-state index in [1.807, 2.05) is 0 Å². The summed E-state index contributed by atoms with van der Waals surface area (Å²) < 4.78 is 71.4. The average Bonchev–Trinajstić information content (AvgIpc) is 3.08. The molecular weight excluding hydrogens is 473 g/mol. The molecule has 11 heteroatoms. The first-order chi connectivity index (χ1) is 16.0. The van der Waals surface area contributed by atoms with Crippen LogP contribution in [0.2, 0.25) is 0 Å². The van der Waals surface area contributed by atoms with E-state index in [9.17, 15) is 31.5 Å². The number of nitrogens with one attached hydrogen (secondary N) is 2. The number of halogens is 3. The van der Waals surface area contributed by atoms with Gasteiger partial charge in [-0.3, -0.25) is 9.52 Å². The molecule has 3 N–H and O–H groups in total. The predicted octanol–water partition coefficient (Wildman–Crippen LogP) is 4.71. The van der Waals surface area contributed by atoms with Crippen LogP contribution in [0.25, 0.3) is 11.6 Å². The summed E-state index contributed by atoms with van der Waals surface area (Å²) in [5, 5.41) is 12.3. The molecule has 1 amide bonds. The highest BCUT2D eigenvalue weighted by Crippen LogP contribution is 2.37. The molecule has 0 bridgehead atoms. The second-order valence-electron chi connectivity index (χ2n) is 7.33. The lowest BCUT2D eigenvalue weighted by molar-refractivity contribution is -0.137. The Morgan fingerprint density at radius 1 is 1.03 bits per heavy atom. The number of amides is 1. The van der Waals surface area contributed by atoms with Crippen molar-refractivity contribution >= 4 is 39.0 Å². The van der Waals surface area contributed by atoms with E-state index in [-0.39, 0.29) is 21.9 Å². The first-order valence-corrected chi connectivity index (χ1v) is 11.2. The van der Waals surface area contributed by atoms with E-state index in [0.29, 0.717) is 22.6 Å². The molecule has 0 unspecified atom stereocenters. The molecule has 0 aromatic heterocycles. The maximum absolute atomic E-state index is 12.9. The lowest BCUT2D eigenvalue weighted by Gasteiger charge is -2.11. The topological polar surface area (TPSA) is 105 Å². The third-order valence-corrected chi connectivity index (χ3v) is 6.44. The molecule has 4 rings (SSSR count). The number of fused-ring (bicyclic) bond motifs is 1. The number of phenols is 1. The van der Waals surface area contributed by atoms with Crippen molar-refractivity contribution in [3.05, 3.63) is 77.4 Å². The van der Waals surface area contributed by atoms with Gasteiger partial charge < -0.3 is 15.2 Å². The monoisotopic (exact) mass is 490 g/mol. The summed E-state index contributed by atoms with van der Waals surface area (Å²) in [6.07, 6.45) is -3.04. The molecule has 7 nitrogen and oxygen atoms in total. The summed E-state index contributed by atoms with van der Waals surface area (Å²) in [5.41, 5.74) is 0.405. The van der Waals surface area contributed by atoms with Gasteiger partial charge in [-0.2, -0.15) is 13.2 Å². The second kappa shape index (κ2) is 8.41. The van der Waals surface area contributed by atoms with Gasteiger partial charge in [-0.05, 0) is 60.7 Å². The number of carbonyl (C=O) groups excluding carboxylic acids is 1. The van der Waals surface area contributed by atoms with Crippen molar-refractivity contribution in [2.45, 2.75) is 11.1 Å². The number of benzene rings is 3. The number of hydrogen-bond acceptors (Lipinski definition) is 5. The molecule has 0 radical (unpaired) electrons. The standard InChI is InChI=1S/C23H17F3N2O5S/c1-33-21-11-16(29)7-2-13(21)10-19-18-12-17(8-9-20(18)27-22(19)30)34(31,32)28-15-5-3-14(4-6-15)23(24,25)26/h2-12,28-29H,1H3,(H,27,30). The number of sulfonamides is 1. The Hall–Kier alpha value is -3.99. The largest absolute Gasteiger partial charge is 0.508 e. The molecule has 1 aliphatic rings. The van der Waals surface area contributed by atoms with Crippen LogP contribution in [0.15, 0.2) is 65.6 Å². The van der Waals surface area contributed by atoms with Crippen LogP contribution in [0.1, 0.15) is 16.7 Å². The fourth-order valence-corrected chi connectivity index (χ4v) is 4.48. The van der Waals surface area contributed by atoms with E-state index >= 15 is 0 Å². The predicted molar refractivity (Wildman–Crippen MR) is 120 cm³/mol. The van der Waals surface area contributed by atoms with E-state index < -0.39 is 27.7 Å². The number of carbonyl (C=O) groups is 1. The Bertz CT molecular complexity index is 1420. The molecule has 3 aromatic rings. The molecule has 0 aliphatic carbocycles. The normalized spacial score (nSPS) is 14.6. The maximum Gasteiger partial charge on any atom is 0.416 e. The van der Waals surface area contributed by atoms with Gasteiger partial charge in [0.05, 0.1) is 17.6 Å². The van der Waals surface area contributed by atoms with Gasteiger partial charge in [-0.25, -0.2) is 8.42 Å². The van der Waals surface area contributed by atoms with Crippen LogP contribution in [0.4, 0.5) is 24.5 Å². The van der Waals surface area contributed by atoms with Crippen LogP contribution >= 0.6 is 0 Å². The zero-order valence-electron chi connectivity index (χ0n) is 17.5. The molecule has 1 heterocycles. The summed E-state index contributed by atoms with van der Waals surface area (Å²) in [6, 6.07) is 11.9. The van der Waals surface area contributed by atoms with Crippen molar-refractivity contribution in [3.63, 3.8) is 0 Å². The summed E-state index contributed by atoms with van der Waals surface area (Å²) in [5.74, 6) is -0.185. The fraction of sp³-hybridized carbons (Fsp3) is 0.0870. The van der Waals surface area contributed by atoms with Crippen molar-refractivity contribution < 1.29 is 36.2 Å². The molecular formula is C23H17F3N2O5S. The zero-order chi connectivity index (χ0) is 24.7. The number of methoxy groups -OCH3 is 1. The third-order valence-electron chi connectivity index (χ3n) is 5.07. The molecule has 0 spiro atoms. The Morgan fingerprint density at radius 2 is 1.74 bits per heavy atom. The first-order valence-electron chi connectivity index (χ1n) is 9.72. The summed E-state index contributed by atoms with van der Waals surface area (Å²) >= 11 is 0. The minimum atomic E-state index is -4.54. The number of alkyl halides is 3. The summed E-state index contributed by atoms with van der Waals surface area (Å²) in [6.45, 7) is 0. The Labute approximate surface area is 192 Å². The van der Waals surface area contributed by atoms with Gasteiger partial charge in [0, 0.05) is 34.1 Å². The third kappa shape index (κ3) is 4.55. The van der Waals surface area contributed by atoms with E-state index in [4.69, 9.17) is 4.74 Å². The van der Waals surface area contributed by atoms with Gasteiger partial charge in [0.15, 0.2) is 0 Å². The zero-order valence-corrected chi connectivity index (χ0v) is 18.3. The van der Waals surface area contributed by atoms with Gasteiger partial charge in [-0.1, -0.05) is 0 Å². The van der Waals surface area contributed by atoms with E-state index in [1.165, 1.54) is 43.5 Å². The van der Waals surface area contributed by atoms with Crippen LogP contribution in [-0.2, 0) is 21.0 Å². The van der Waals surface area contributed by atoms with Crippen LogP contribution in [0.5, 0.6) is 11.5 Å². The molecule has 3 aromatic carbocycles. The fourth-order valence-electron chi connectivity index (χ4n) is 3.39. The molecule has 0 atom stereocenters. The number of anilines is 2. The number of aromatic hydroxyl groups is 1.